The maximum Gasteiger partial charge on any atom is 0.241 e. The van der Waals surface area contributed by atoms with E-state index in [-0.39, 0.29) is 18.5 Å². The Kier molecular flexibility index (Phi) is 7.07. The minimum absolute atomic E-state index is 0.233. The van der Waals surface area contributed by atoms with E-state index in [2.05, 4.69) is 5.32 Å². The Bertz CT molecular complexity index is 941. The number of amides is 1. The van der Waals surface area contributed by atoms with Crippen molar-refractivity contribution in [3.8, 4) is 5.75 Å². The molecule has 0 aliphatic carbocycles. The van der Waals surface area contributed by atoms with Crippen LogP contribution in [0.15, 0.2) is 42.5 Å². The standard InChI is InChI=1S/C21H28N2O4S/c1-6-27-19-9-7-8-18(13-19)23(28(5,25)26)14-21(24)22-17(4)20-12-15(2)10-11-16(20)3/h7-13,17H,6,14H2,1-5H3,(H,22,24)/t17-/m1/s1. The van der Waals surface area contributed by atoms with Crippen molar-refractivity contribution in [2.75, 3.05) is 23.7 Å². The zero-order valence-corrected chi connectivity index (χ0v) is 17.8. The van der Waals surface area contributed by atoms with Crippen LogP contribution < -0.4 is 14.4 Å². The van der Waals surface area contributed by atoms with E-state index >= 15 is 0 Å². The number of ether oxygens (including phenoxy) is 1. The van der Waals surface area contributed by atoms with Crippen molar-refractivity contribution >= 4 is 21.6 Å². The average Bonchev–Trinajstić information content (AvgIpc) is 2.61. The van der Waals surface area contributed by atoms with Gasteiger partial charge in [0.2, 0.25) is 15.9 Å². The van der Waals surface area contributed by atoms with Crippen molar-refractivity contribution in [1.82, 2.24) is 5.32 Å². The molecule has 0 spiro atoms. The summed E-state index contributed by atoms with van der Waals surface area (Å²) in [5, 5.41) is 2.90. The highest BCUT2D eigenvalue weighted by Crippen LogP contribution is 2.24. The molecule has 2 aromatic rings. The summed E-state index contributed by atoms with van der Waals surface area (Å²) in [5.41, 5.74) is 3.58. The van der Waals surface area contributed by atoms with Crippen LogP contribution in [0, 0.1) is 13.8 Å². The number of rotatable bonds is 8. The Morgan fingerprint density at radius 3 is 2.54 bits per heavy atom. The van der Waals surface area contributed by atoms with Gasteiger partial charge in [-0.1, -0.05) is 29.8 Å². The van der Waals surface area contributed by atoms with Gasteiger partial charge in [0.1, 0.15) is 12.3 Å². The van der Waals surface area contributed by atoms with Gasteiger partial charge in [-0.2, -0.15) is 0 Å². The highest BCUT2D eigenvalue weighted by atomic mass is 32.2. The number of hydrogen-bond acceptors (Lipinski definition) is 4. The fraction of sp³-hybridized carbons (Fsp3) is 0.381. The quantitative estimate of drug-likeness (QED) is 0.732. The summed E-state index contributed by atoms with van der Waals surface area (Å²) in [5.74, 6) is 0.179. The molecule has 0 saturated heterocycles. The highest BCUT2D eigenvalue weighted by Gasteiger charge is 2.22. The minimum Gasteiger partial charge on any atom is -0.494 e. The largest absolute Gasteiger partial charge is 0.494 e. The lowest BCUT2D eigenvalue weighted by atomic mass is 10.00. The summed E-state index contributed by atoms with van der Waals surface area (Å²) >= 11 is 0. The number of hydrogen-bond donors (Lipinski definition) is 1. The molecule has 1 atom stereocenters. The predicted octanol–water partition coefficient (Wildman–Crippen LogP) is 3.35. The van der Waals surface area contributed by atoms with Gasteiger partial charge in [0.25, 0.3) is 0 Å². The lowest BCUT2D eigenvalue weighted by Crippen LogP contribution is -2.41. The second-order valence-corrected chi connectivity index (χ2v) is 8.76. The molecule has 28 heavy (non-hydrogen) atoms. The third-order valence-electron chi connectivity index (χ3n) is 4.38. The number of anilines is 1. The van der Waals surface area contributed by atoms with E-state index in [0.717, 1.165) is 27.3 Å². The zero-order valence-electron chi connectivity index (χ0n) is 17.0. The summed E-state index contributed by atoms with van der Waals surface area (Å²) in [7, 11) is -3.64. The van der Waals surface area contributed by atoms with Gasteiger partial charge in [0.15, 0.2) is 0 Å². The Hall–Kier alpha value is -2.54. The first-order chi connectivity index (χ1) is 13.1. The average molecular weight is 405 g/mol. The molecule has 2 rings (SSSR count). The summed E-state index contributed by atoms with van der Waals surface area (Å²) in [6, 6.07) is 12.5. The van der Waals surface area contributed by atoms with Crippen molar-refractivity contribution in [1.29, 1.82) is 0 Å². The SMILES string of the molecule is CCOc1cccc(N(CC(=O)N[C@H](C)c2cc(C)ccc2C)S(C)(=O)=O)c1. The second-order valence-electron chi connectivity index (χ2n) is 6.85. The summed E-state index contributed by atoms with van der Waals surface area (Å²) in [4.78, 5) is 12.6. The number of nitrogens with zero attached hydrogens (tertiary/aromatic N) is 1. The predicted molar refractivity (Wildman–Crippen MR) is 112 cm³/mol. The molecule has 7 heteroatoms. The zero-order chi connectivity index (χ0) is 20.9. The van der Waals surface area contributed by atoms with Gasteiger partial charge in [-0.25, -0.2) is 8.42 Å². The molecule has 0 aromatic heterocycles. The third kappa shape index (κ3) is 5.73. The first kappa shape index (κ1) is 21.8. The molecule has 0 aliphatic heterocycles. The van der Waals surface area contributed by atoms with Gasteiger partial charge >= 0.3 is 0 Å². The van der Waals surface area contributed by atoms with Crippen molar-refractivity contribution < 1.29 is 17.9 Å². The molecular formula is C21H28N2O4S. The molecule has 0 fully saturated rings. The Labute approximate surface area is 167 Å². The number of carbonyl (C=O) groups excluding carboxylic acids is 1. The fourth-order valence-corrected chi connectivity index (χ4v) is 3.87. The molecule has 0 bridgehead atoms. The Morgan fingerprint density at radius 1 is 1.18 bits per heavy atom. The van der Waals surface area contributed by atoms with Crippen molar-refractivity contribution in [3.63, 3.8) is 0 Å². The van der Waals surface area contributed by atoms with E-state index in [0.29, 0.717) is 18.0 Å². The van der Waals surface area contributed by atoms with Crippen LogP contribution in [0.2, 0.25) is 0 Å². The molecule has 0 heterocycles. The maximum atomic E-state index is 12.6. The molecule has 152 valence electrons. The van der Waals surface area contributed by atoms with Crippen LogP contribution in [0.3, 0.4) is 0 Å². The Balaban J connectivity index is 2.20. The van der Waals surface area contributed by atoms with Crippen LogP contribution in [-0.4, -0.2) is 33.7 Å². The van der Waals surface area contributed by atoms with Crippen molar-refractivity contribution in [2.45, 2.75) is 33.7 Å². The van der Waals surface area contributed by atoms with E-state index in [1.165, 1.54) is 0 Å². The van der Waals surface area contributed by atoms with Crippen LogP contribution in [0.1, 0.15) is 36.6 Å². The lowest BCUT2D eigenvalue weighted by molar-refractivity contribution is -0.120. The smallest absolute Gasteiger partial charge is 0.241 e. The van der Waals surface area contributed by atoms with E-state index in [4.69, 9.17) is 4.74 Å². The lowest BCUT2D eigenvalue weighted by Gasteiger charge is -2.24. The van der Waals surface area contributed by atoms with Gasteiger partial charge in [-0.05, 0) is 51.0 Å². The minimum atomic E-state index is -3.64. The first-order valence-electron chi connectivity index (χ1n) is 9.19. The third-order valence-corrected chi connectivity index (χ3v) is 5.52. The molecule has 6 nitrogen and oxygen atoms in total. The normalized spacial score (nSPS) is 12.3. The molecule has 1 N–H and O–H groups in total. The molecule has 0 unspecified atom stereocenters. The monoisotopic (exact) mass is 404 g/mol. The van der Waals surface area contributed by atoms with Gasteiger partial charge in [0.05, 0.1) is 24.6 Å². The van der Waals surface area contributed by atoms with Crippen LogP contribution in [0.5, 0.6) is 5.75 Å². The molecular weight excluding hydrogens is 376 g/mol. The van der Waals surface area contributed by atoms with Crippen molar-refractivity contribution in [3.05, 3.63) is 59.2 Å². The number of carbonyl (C=O) groups is 1. The molecule has 2 aromatic carbocycles. The summed E-state index contributed by atoms with van der Waals surface area (Å²) in [6.07, 6.45) is 1.09. The van der Waals surface area contributed by atoms with E-state index in [1.807, 2.05) is 45.9 Å². The Morgan fingerprint density at radius 2 is 1.89 bits per heavy atom. The van der Waals surface area contributed by atoms with Crippen LogP contribution in [0.4, 0.5) is 5.69 Å². The number of nitrogens with one attached hydrogen (secondary N) is 1. The first-order valence-corrected chi connectivity index (χ1v) is 11.0. The second kappa shape index (κ2) is 9.10. The van der Waals surface area contributed by atoms with Gasteiger partial charge in [-0.15, -0.1) is 0 Å². The van der Waals surface area contributed by atoms with E-state index in [1.54, 1.807) is 24.3 Å². The topological polar surface area (TPSA) is 75.7 Å². The highest BCUT2D eigenvalue weighted by molar-refractivity contribution is 7.92. The molecule has 0 radical (unpaired) electrons. The van der Waals surface area contributed by atoms with E-state index < -0.39 is 10.0 Å². The maximum absolute atomic E-state index is 12.6. The number of sulfonamides is 1. The van der Waals surface area contributed by atoms with Crippen LogP contribution in [-0.2, 0) is 14.8 Å². The van der Waals surface area contributed by atoms with Crippen molar-refractivity contribution in [2.24, 2.45) is 0 Å². The van der Waals surface area contributed by atoms with Crippen LogP contribution in [0.25, 0.3) is 0 Å². The van der Waals surface area contributed by atoms with E-state index in [9.17, 15) is 13.2 Å². The number of benzene rings is 2. The summed E-state index contributed by atoms with van der Waals surface area (Å²) in [6.45, 7) is 7.89. The van der Waals surface area contributed by atoms with Gasteiger partial charge in [-0.3, -0.25) is 9.10 Å². The number of aryl methyl sites for hydroxylation is 2. The van der Waals surface area contributed by atoms with Crippen LogP contribution >= 0.6 is 0 Å². The van der Waals surface area contributed by atoms with Gasteiger partial charge in [0, 0.05) is 6.07 Å². The molecule has 0 saturated carbocycles. The molecule has 1 amide bonds. The van der Waals surface area contributed by atoms with Gasteiger partial charge < -0.3 is 10.1 Å². The molecule has 0 aliphatic rings. The fourth-order valence-electron chi connectivity index (χ4n) is 3.02. The summed E-state index contributed by atoms with van der Waals surface area (Å²) < 4.78 is 31.1.